The van der Waals surface area contributed by atoms with E-state index >= 15 is 0 Å². The number of piperidine rings is 1. The maximum atomic E-state index is 11.7. The van der Waals surface area contributed by atoms with Gasteiger partial charge in [0.2, 0.25) is 5.82 Å². The van der Waals surface area contributed by atoms with Gasteiger partial charge in [0, 0.05) is 30.3 Å². The molecule has 0 N–H and O–H groups in total. The largest absolute Gasteiger partial charge is 0.493 e. The Labute approximate surface area is 173 Å². The van der Waals surface area contributed by atoms with Crippen LogP contribution in [0.4, 0.5) is 11.4 Å². The molecule has 0 amide bonds. The van der Waals surface area contributed by atoms with E-state index < -0.39 is 0 Å². The molecule has 4 rings (SSSR count). The summed E-state index contributed by atoms with van der Waals surface area (Å²) in [6.07, 6.45) is 3.23. The summed E-state index contributed by atoms with van der Waals surface area (Å²) in [6.45, 7) is 1.65. The van der Waals surface area contributed by atoms with Crippen molar-refractivity contribution in [3.05, 3.63) is 46.5 Å². The third-order valence-corrected chi connectivity index (χ3v) is 5.18. The maximum Gasteiger partial charge on any atom is 0.293 e. The van der Waals surface area contributed by atoms with Crippen molar-refractivity contribution in [3.63, 3.8) is 0 Å². The molecule has 0 unspecified atom stereocenters. The molecule has 0 radical (unpaired) electrons. The lowest BCUT2D eigenvalue weighted by molar-refractivity contribution is -0.384. The van der Waals surface area contributed by atoms with Gasteiger partial charge in [0.05, 0.1) is 19.1 Å². The Morgan fingerprint density at radius 3 is 2.43 bits per heavy atom. The second-order valence-corrected chi connectivity index (χ2v) is 7.00. The van der Waals surface area contributed by atoms with E-state index in [1.54, 1.807) is 44.6 Å². The second-order valence-electron chi connectivity index (χ2n) is 7.00. The minimum absolute atomic E-state index is 0.0419. The molecule has 9 nitrogen and oxygen atoms in total. The van der Waals surface area contributed by atoms with Crippen LogP contribution in [0.1, 0.15) is 19.3 Å². The molecule has 30 heavy (non-hydrogen) atoms. The Morgan fingerprint density at radius 2 is 1.73 bits per heavy atom. The predicted molar refractivity (Wildman–Crippen MR) is 111 cm³/mol. The third-order valence-electron chi connectivity index (χ3n) is 5.18. The van der Waals surface area contributed by atoms with Gasteiger partial charge in [-0.1, -0.05) is 5.16 Å². The van der Waals surface area contributed by atoms with E-state index in [9.17, 15) is 10.1 Å². The van der Waals surface area contributed by atoms with Gasteiger partial charge in [-0.05, 0) is 49.6 Å². The molecule has 1 aliphatic rings. The molecule has 2 aromatic carbocycles. The fraction of sp³-hybridized carbons (Fsp3) is 0.333. The van der Waals surface area contributed by atoms with Crippen molar-refractivity contribution < 1.29 is 18.9 Å². The van der Waals surface area contributed by atoms with Crippen LogP contribution in [0, 0.1) is 10.1 Å². The van der Waals surface area contributed by atoms with Crippen LogP contribution in [0.25, 0.3) is 22.8 Å². The Morgan fingerprint density at radius 1 is 1.00 bits per heavy atom. The van der Waals surface area contributed by atoms with Crippen LogP contribution < -0.4 is 14.4 Å². The molecule has 1 saturated heterocycles. The number of benzene rings is 2. The van der Waals surface area contributed by atoms with Crippen molar-refractivity contribution in [2.24, 2.45) is 0 Å². The number of hydrogen-bond acceptors (Lipinski definition) is 8. The third kappa shape index (κ3) is 3.78. The number of anilines is 1. The second kappa shape index (κ2) is 8.40. The number of aromatic nitrogens is 2. The van der Waals surface area contributed by atoms with Crippen LogP contribution in [0.15, 0.2) is 40.9 Å². The summed E-state index contributed by atoms with van der Waals surface area (Å²) in [5.74, 6) is 1.71. The zero-order valence-electron chi connectivity index (χ0n) is 16.8. The zero-order valence-corrected chi connectivity index (χ0v) is 16.8. The van der Waals surface area contributed by atoms with Crippen LogP contribution >= 0.6 is 0 Å². The molecular weight excluding hydrogens is 388 g/mol. The van der Waals surface area contributed by atoms with E-state index in [0.29, 0.717) is 34.1 Å². The lowest BCUT2D eigenvalue weighted by atomic mass is 10.1. The zero-order chi connectivity index (χ0) is 21.1. The predicted octanol–water partition coefficient (Wildman–Crippen LogP) is 4.32. The van der Waals surface area contributed by atoms with Gasteiger partial charge in [0.25, 0.3) is 11.6 Å². The lowest BCUT2D eigenvalue weighted by Crippen LogP contribution is -2.29. The number of methoxy groups -OCH3 is 2. The smallest absolute Gasteiger partial charge is 0.293 e. The van der Waals surface area contributed by atoms with E-state index in [1.165, 1.54) is 6.07 Å². The van der Waals surface area contributed by atoms with Gasteiger partial charge in [0.1, 0.15) is 5.69 Å². The van der Waals surface area contributed by atoms with Crippen molar-refractivity contribution in [1.29, 1.82) is 0 Å². The van der Waals surface area contributed by atoms with Gasteiger partial charge in [-0.3, -0.25) is 10.1 Å². The molecule has 0 bridgehead atoms. The van der Waals surface area contributed by atoms with E-state index in [1.807, 2.05) is 0 Å². The fourth-order valence-corrected chi connectivity index (χ4v) is 3.64. The standard InChI is InChI=1S/C21H22N4O5/c1-28-18-9-7-14(13-19(18)29-2)20-22-21(30-23-20)15-6-8-16(17(12-15)25(26)27)24-10-4-3-5-11-24/h6-9,12-13H,3-5,10-11H2,1-2H3. The number of hydrogen-bond donors (Lipinski definition) is 0. The van der Waals surface area contributed by atoms with Gasteiger partial charge in [-0.25, -0.2) is 0 Å². The molecule has 0 spiro atoms. The number of nitro benzene ring substituents is 1. The highest BCUT2D eigenvalue weighted by Crippen LogP contribution is 2.35. The molecule has 0 saturated carbocycles. The molecule has 1 aliphatic heterocycles. The number of nitrogens with zero attached hydrogens (tertiary/aromatic N) is 4. The van der Waals surface area contributed by atoms with Crippen LogP contribution in [-0.4, -0.2) is 42.4 Å². The van der Waals surface area contributed by atoms with Crippen LogP contribution in [-0.2, 0) is 0 Å². The Kier molecular flexibility index (Phi) is 5.51. The summed E-state index contributed by atoms with van der Waals surface area (Å²) < 4.78 is 15.9. The summed E-state index contributed by atoms with van der Waals surface area (Å²) in [5.41, 5.74) is 1.85. The molecule has 0 atom stereocenters. The molecule has 156 valence electrons. The monoisotopic (exact) mass is 410 g/mol. The van der Waals surface area contributed by atoms with E-state index in [4.69, 9.17) is 14.0 Å². The van der Waals surface area contributed by atoms with E-state index in [-0.39, 0.29) is 16.5 Å². The van der Waals surface area contributed by atoms with Gasteiger partial charge in [0.15, 0.2) is 11.5 Å². The highest BCUT2D eigenvalue weighted by atomic mass is 16.6. The highest BCUT2D eigenvalue weighted by Gasteiger charge is 2.23. The molecule has 0 aliphatic carbocycles. The highest BCUT2D eigenvalue weighted by molar-refractivity contribution is 5.72. The van der Waals surface area contributed by atoms with E-state index in [2.05, 4.69) is 15.0 Å². The first-order chi connectivity index (χ1) is 14.6. The summed E-state index contributed by atoms with van der Waals surface area (Å²) in [5, 5.41) is 15.7. The van der Waals surface area contributed by atoms with Crippen molar-refractivity contribution >= 4 is 11.4 Å². The van der Waals surface area contributed by atoms with Gasteiger partial charge in [-0.15, -0.1) is 0 Å². The van der Waals surface area contributed by atoms with Crippen LogP contribution in [0.2, 0.25) is 0 Å². The Hall–Kier alpha value is -3.62. The molecule has 2 heterocycles. The first-order valence-corrected chi connectivity index (χ1v) is 9.70. The molecule has 1 aromatic heterocycles. The van der Waals surface area contributed by atoms with Crippen molar-refractivity contribution in [2.45, 2.75) is 19.3 Å². The first kappa shape index (κ1) is 19.7. The van der Waals surface area contributed by atoms with Crippen LogP contribution in [0.5, 0.6) is 11.5 Å². The number of rotatable bonds is 6. The molecule has 3 aromatic rings. The van der Waals surface area contributed by atoms with Gasteiger partial charge < -0.3 is 18.9 Å². The average Bonchev–Trinajstić information content (AvgIpc) is 3.29. The summed E-state index contributed by atoms with van der Waals surface area (Å²) in [7, 11) is 3.11. The van der Waals surface area contributed by atoms with Crippen molar-refractivity contribution in [2.75, 3.05) is 32.2 Å². The molecule has 1 fully saturated rings. The Bertz CT molecular complexity index is 1060. The van der Waals surface area contributed by atoms with Crippen molar-refractivity contribution in [1.82, 2.24) is 10.1 Å². The molecular formula is C21H22N4O5. The number of nitro groups is 1. The SMILES string of the molecule is COc1ccc(-c2noc(-c3ccc(N4CCCCC4)c([N+](=O)[O-])c3)n2)cc1OC. The topological polar surface area (TPSA) is 104 Å². The Balaban J connectivity index is 1.66. The first-order valence-electron chi connectivity index (χ1n) is 9.70. The summed E-state index contributed by atoms with van der Waals surface area (Å²) in [6, 6.07) is 10.3. The average molecular weight is 410 g/mol. The maximum absolute atomic E-state index is 11.7. The van der Waals surface area contributed by atoms with Gasteiger partial charge in [-0.2, -0.15) is 4.98 Å². The molecule has 9 heteroatoms. The van der Waals surface area contributed by atoms with Crippen molar-refractivity contribution in [3.8, 4) is 34.3 Å². The van der Waals surface area contributed by atoms with E-state index in [0.717, 1.165) is 32.4 Å². The fourth-order valence-electron chi connectivity index (χ4n) is 3.64. The quantitative estimate of drug-likeness (QED) is 0.437. The lowest BCUT2D eigenvalue weighted by Gasteiger charge is -2.28. The van der Waals surface area contributed by atoms with Crippen LogP contribution in [0.3, 0.4) is 0 Å². The minimum Gasteiger partial charge on any atom is -0.493 e. The summed E-state index contributed by atoms with van der Waals surface area (Å²) >= 11 is 0. The van der Waals surface area contributed by atoms with Gasteiger partial charge >= 0.3 is 0 Å². The summed E-state index contributed by atoms with van der Waals surface area (Å²) in [4.78, 5) is 17.8. The minimum atomic E-state index is -0.362. The normalized spacial score (nSPS) is 13.9. The number of ether oxygens (including phenoxy) is 2.